The van der Waals surface area contributed by atoms with Crippen LogP contribution in [0.15, 0.2) is 47.8 Å². The molecule has 0 spiro atoms. The van der Waals surface area contributed by atoms with Crippen LogP contribution < -0.4 is 10.6 Å². The molecule has 1 amide bonds. The molecule has 2 aliphatic rings. The lowest BCUT2D eigenvalue weighted by atomic mass is 9.69. The number of hydrogen-bond acceptors (Lipinski definition) is 3. The van der Waals surface area contributed by atoms with Gasteiger partial charge in [0, 0.05) is 17.0 Å². The highest BCUT2D eigenvalue weighted by Crippen LogP contribution is 2.46. The molecule has 3 atom stereocenters. The zero-order valence-corrected chi connectivity index (χ0v) is 15.2. The minimum atomic E-state index is -0.290. The van der Waals surface area contributed by atoms with Gasteiger partial charge in [-0.1, -0.05) is 36.4 Å². The van der Waals surface area contributed by atoms with E-state index in [0.29, 0.717) is 18.6 Å². The lowest BCUT2D eigenvalue weighted by Crippen LogP contribution is -2.49. The summed E-state index contributed by atoms with van der Waals surface area (Å²) in [4.78, 5) is 14.3. The Morgan fingerprint density at radius 2 is 2.04 bits per heavy atom. The van der Waals surface area contributed by atoms with Crippen LogP contribution in [-0.4, -0.2) is 18.0 Å². The van der Waals surface area contributed by atoms with Gasteiger partial charge in [-0.15, -0.1) is 23.7 Å². The molecule has 128 valence electrons. The molecular weight excluding hydrogens is 340 g/mol. The first kappa shape index (κ1) is 17.5. The Morgan fingerprint density at radius 1 is 1.21 bits per heavy atom. The standard InChI is InChI=1S/C19H22N2OS.ClH/c22-18(20-13-16-7-4-10-23-16)19(11-14-5-2-1-3-6-14)12-15-8-9-17(19)21-15;/h1-7,10,15,17,21H,8-9,11-13H2,(H,20,22);1H/t15-,17+,19+;/m0./s1. The Kier molecular flexibility index (Phi) is 5.28. The molecule has 2 bridgehead atoms. The van der Waals surface area contributed by atoms with Crippen molar-refractivity contribution in [1.82, 2.24) is 10.6 Å². The molecule has 24 heavy (non-hydrogen) atoms. The first-order valence-electron chi connectivity index (χ1n) is 8.37. The minimum absolute atomic E-state index is 0. The van der Waals surface area contributed by atoms with Crippen LogP contribution in [0.3, 0.4) is 0 Å². The molecule has 2 aliphatic heterocycles. The van der Waals surface area contributed by atoms with Gasteiger partial charge in [0.25, 0.3) is 0 Å². The lowest BCUT2D eigenvalue weighted by molar-refractivity contribution is -0.132. The molecule has 0 unspecified atom stereocenters. The lowest BCUT2D eigenvalue weighted by Gasteiger charge is -2.35. The molecule has 0 radical (unpaired) electrons. The van der Waals surface area contributed by atoms with Gasteiger partial charge in [-0.2, -0.15) is 0 Å². The van der Waals surface area contributed by atoms with Gasteiger partial charge in [0.2, 0.25) is 5.91 Å². The zero-order valence-electron chi connectivity index (χ0n) is 13.5. The van der Waals surface area contributed by atoms with Crippen molar-refractivity contribution < 1.29 is 4.79 Å². The summed E-state index contributed by atoms with van der Waals surface area (Å²) in [6, 6.07) is 15.4. The Balaban J connectivity index is 0.00000169. The topological polar surface area (TPSA) is 41.1 Å². The van der Waals surface area contributed by atoms with Crippen molar-refractivity contribution in [2.45, 2.75) is 44.3 Å². The number of benzene rings is 1. The molecule has 2 fully saturated rings. The molecule has 0 saturated carbocycles. The fourth-order valence-electron chi connectivity index (χ4n) is 4.24. The van der Waals surface area contributed by atoms with Gasteiger partial charge in [0.15, 0.2) is 0 Å². The normalized spacial score (nSPS) is 27.7. The third-order valence-corrected chi connectivity index (χ3v) is 6.21. The average molecular weight is 363 g/mol. The largest absolute Gasteiger partial charge is 0.351 e. The van der Waals surface area contributed by atoms with Gasteiger partial charge in [-0.05, 0) is 42.7 Å². The molecule has 1 aromatic carbocycles. The van der Waals surface area contributed by atoms with Gasteiger partial charge in [0.1, 0.15) is 0 Å². The van der Waals surface area contributed by atoms with Crippen molar-refractivity contribution in [2.75, 3.05) is 0 Å². The van der Waals surface area contributed by atoms with E-state index in [2.05, 4.69) is 46.3 Å². The fraction of sp³-hybridized carbons (Fsp3) is 0.421. The molecule has 4 rings (SSSR count). The van der Waals surface area contributed by atoms with E-state index in [1.807, 2.05) is 12.1 Å². The first-order valence-corrected chi connectivity index (χ1v) is 9.25. The van der Waals surface area contributed by atoms with Gasteiger partial charge in [-0.25, -0.2) is 0 Å². The number of amides is 1. The quantitative estimate of drug-likeness (QED) is 0.854. The summed E-state index contributed by atoms with van der Waals surface area (Å²) in [6.45, 7) is 0.643. The number of halogens is 1. The number of fused-ring (bicyclic) bond motifs is 2. The van der Waals surface area contributed by atoms with Gasteiger partial charge >= 0.3 is 0 Å². The molecule has 3 heterocycles. The SMILES string of the molecule is Cl.O=C(NCc1cccs1)[C@]1(Cc2ccccc2)C[C@@H]2CC[C@H]1N2. The maximum atomic E-state index is 13.1. The number of carbonyl (C=O) groups is 1. The van der Waals surface area contributed by atoms with E-state index in [9.17, 15) is 4.79 Å². The first-order chi connectivity index (χ1) is 11.3. The third kappa shape index (κ3) is 3.23. The van der Waals surface area contributed by atoms with Gasteiger partial charge < -0.3 is 10.6 Å². The minimum Gasteiger partial charge on any atom is -0.351 e. The second-order valence-electron chi connectivity index (χ2n) is 6.78. The Bertz CT molecular complexity index is 676. The molecule has 3 nitrogen and oxygen atoms in total. The van der Waals surface area contributed by atoms with E-state index in [1.54, 1.807) is 11.3 Å². The van der Waals surface area contributed by atoms with Crippen molar-refractivity contribution in [3.63, 3.8) is 0 Å². The number of thiophene rings is 1. The van der Waals surface area contributed by atoms with Crippen LogP contribution in [0.25, 0.3) is 0 Å². The van der Waals surface area contributed by atoms with E-state index in [4.69, 9.17) is 0 Å². The van der Waals surface area contributed by atoms with Crippen LogP contribution in [0.2, 0.25) is 0 Å². The van der Waals surface area contributed by atoms with Crippen LogP contribution >= 0.6 is 23.7 Å². The zero-order chi connectivity index (χ0) is 15.7. The molecule has 2 N–H and O–H groups in total. The molecule has 0 aliphatic carbocycles. The Hall–Kier alpha value is -1.36. The Labute approximate surface area is 153 Å². The number of hydrogen-bond donors (Lipinski definition) is 2. The number of rotatable bonds is 5. The highest BCUT2D eigenvalue weighted by atomic mass is 35.5. The highest BCUT2D eigenvalue weighted by molar-refractivity contribution is 7.09. The second-order valence-corrected chi connectivity index (χ2v) is 7.81. The monoisotopic (exact) mass is 362 g/mol. The molecule has 1 aromatic heterocycles. The van der Waals surface area contributed by atoms with E-state index in [0.717, 1.165) is 19.3 Å². The number of carbonyl (C=O) groups excluding carboxylic acids is 1. The van der Waals surface area contributed by atoms with Crippen molar-refractivity contribution in [2.24, 2.45) is 5.41 Å². The summed E-state index contributed by atoms with van der Waals surface area (Å²) in [6.07, 6.45) is 4.12. The van der Waals surface area contributed by atoms with E-state index < -0.39 is 0 Å². The summed E-state index contributed by atoms with van der Waals surface area (Å²) < 4.78 is 0. The summed E-state index contributed by atoms with van der Waals surface area (Å²) >= 11 is 1.70. The average Bonchev–Trinajstić information content (AvgIpc) is 3.31. The van der Waals surface area contributed by atoms with Crippen molar-refractivity contribution in [1.29, 1.82) is 0 Å². The van der Waals surface area contributed by atoms with Crippen LogP contribution in [0.1, 0.15) is 29.7 Å². The maximum Gasteiger partial charge on any atom is 0.228 e. The smallest absolute Gasteiger partial charge is 0.228 e. The summed E-state index contributed by atoms with van der Waals surface area (Å²) in [5, 5.41) is 8.92. The summed E-state index contributed by atoms with van der Waals surface area (Å²) in [7, 11) is 0. The Morgan fingerprint density at radius 3 is 2.67 bits per heavy atom. The van der Waals surface area contributed by atoms with E-state index in [-0.39, 0.29) is 23.7 Å². The van der Waals surface area contributed by atoms with E-state index in [1.165, 1.54) is 16.9 Å². The number of nitrogens with one attached hydrogen (secondary N) is 2. The fourth-order valence-corrected chi connectivity index (χ4v) is 4.89. The summed E-state index contributed by atoms with van der Waals surface area (Å²) in [5.41, 5.74) is 0.967. The van der Waals surface area contributed by atoms with Crippen LogP contribution in [-0.2, 0) is 17.8 Å². The van der Waals surface area contributed by atoms with Gasteiger partial charge in [-0.3, -0.25) is 4.79 Å². The summed E-state index contributed by atoms with van der Waals surface area (Å²) in [5.74, 6) is 0.217. The van der Waals surface area contributed by atoms with E-state index >= 15 is 0 Å². The van der Waals surface area contributed by atoms with Crippen molar-refractivity contribution in [3.8, 4) is 0 Å². The highest BCUT2D eigenvalue weighted by Gasteiger charge is 2.55. The molecule has 5 heteroatoms. The van der Waals surface area contributed by atoms with Crippen LogP contribution in [0, 0.1) is 5.41 Å². The van der Waals surface area contributed by atoms with Gasteiger partial charge in [0.05, 0.1) is 12.0 Å². The van der Waals surface area contributed by atoms with Crippen LogP contribution in [0.4, 0.5) is 0 Å². The molecule has 2 aromatic rings. The maximum absolute atomic E-state index is 13.1. The predicted octanol–water partition coefficient (Wildman–Crippen LogP) is 3.54. The van der Waals surface area contributed by atoms with Crippen molar-refractivity contribution in [3.05, 3.63) is 58.3 Å². The molecular formula is C19H23ClN2OS. The van der Waals surface area contributed by atoms with Crippen LogP contribution in [0.5, 0.6) is 0 Å². The molecule has 2 saturated heterocycles. The second kappa shape index (κ2) is 7.26. The third-order valence-electron chi connectivity index (χ3n) is 5.34. The predicted molar refractivity (Wildman–Crippen MR) is 101 cm³/mol. The van der Waals surface area contributed by atoms with Crippen molar-refractivity contribution >= 4 is 29.7 Å².